The van der Waals surface area contributed by atoms with Crippen LogP contribution in [0.25, 0.3) is 0 Å². The van der Waals surface area contributed by atoms with Crippen LogP contribution in [0, 0.1) is 0 Å². The Morgan fingerprint density at radius 2 is 1.84 bits per heavy atom. The van der Waals surface area contributed by atoms with E-state index in [2.05, 4.69) is 5.32 Å². The Labute approximate surface area is 116 Å². The maximum atomic E-state index is 12.6. The summed E-state index contributed by atoms with van der Waals surface area (Å²) in [5.41, 5.74) is 0.0825. The van der Waals surface area contributed by atoms with Crippen molar-refractivity contribution in [3.05, 3.63) is 35.4 Å². The molecule has 0 radical (unpaired) electrons. The zero-order valence-corrected chi connectivity index (χ0v) is 11.3. The van der Waals surface area contributed by atoms with Crippen molar-refractivity contribution in [3.63, 3.8) is 0 Å². The first-order valence-electron chi connectivity index (χ1n) is 6.49. The molecule has 1 saturated carbocycles. The first-order valence-corrected chi connectivity index (χ1v) is 6.92. The lowest BCUT2D eigenvalue weighted by Gasteiger charge is -2.26. The largest absolute Gasteiger partial charge is 0.416 e. The molecule has 0 saturated heterocycles. The van der Waals surface area contributed by atoms with E-state index in [0.29, 0.717) is 18.2 Å². The predicted molar refractivity (Wildman–Crippen MR) is 70.2 cm³/mol. The summed E-state index contributed by atoms with van der Waals surface area (Å²) >= 11 is 6.02. The van der Waals surface area contributed by atoms with Crippen LogP contribution in [-0.4, -0.2) is 11.4 Å². The maximum absolute atomic E-state index is 12.6. The lowest BCUT2D eigenvalue weighted by atomic mass is 9.95. The second-order valence-electron chi connectivity index (χ2n) is 5.03. The lowest BCUT2D eigenvalue weighted by Crippen LogP contribution is -2.33. The third kappa shape index (κ3) is 4.39. The van der Waals surface area contributed by atoms with E-state index in [0.717, 1.165) is 31.7 Å². The summed E-state index contributed by atoms with van der Waals surface area (Å²) in [5.74, 6) is 0. The number of hydrogen-bond donors (Lipinski definition) is 1. The highest BCUT2D eigenvalue weighted by Gasteiger charge is 2.30. The molecule has 5 heteroatoms. The molecule has 0 aliphatic heterocycles. The predicted octanol–water partition coefficient (Wildman–Crippen LogP) is 4.35. The van der Waals surface area contributed by atoms with Gasteiger partial charge in [0, 0.05) is 18.0 Å². The first-order chi connectivity index (χ1) is 8.95. The fraction of sp³-hybridized carbons (Fsp3) is 0.571. The monoisotopic (exact) mass is 291 g/mol. The van der Waals surface area contributed by atoms with Gasteiger partial charge in [0.2, 0.25) is 0 Å². The van der Waals surface area contributed by atoms with E-state index in [9.17, 15) is 13.2 Å². The topological polar surface area (TPSA) is 12.0 Å². The van der Waals surface area contributed by atoms with Crippen LogP contribution in [0.2, 0.25) is 0 Å². The van der Waals surface area contributed by atoms with Crippen LogP contribution in [0.5, 0.6) is 0 Å². The molecular weight excluding hydrogens is 275 g/mol. The highest BCUT2D eigenvalue weighted by atomic mass is 35.5. The van der Waals surface area contributed by atoms with Crippen LogP contribution >= 0.6 is 11.6 Å². The number of alkyl halides is 4. The Morgan fingerprint density at radius 1 is 1.16 bits per heavy atom. The summed E-state index contributed by atoms with van der Waals surface area (Å²) in [7, 11) is 0. The summed E-state index contributed by atoms with van der Waals surface area (Å²) in [5, 5.41) is 3.57. The molecule has 1 aliphatic carbocycles. The SMILES string of the molecule is FC(F)(F)c1cccc(CNC2CCC(Cl)CC2)c1. The highest BCUT2D eigenvalue weighted by molar-refractivity contribution is 6.20. The molecule has 0 bridgehead atoms. The normalized spacial score (nSPS) is 24.4. The molecule has 1 fully saturated rings. The zero-order chi connectivity index (χ0) is 13.9. The van der Waals surface area contributed by atoms with Crippen molar-refractivity contribution in [2.45, 2.75) is 49.8 Å². The van der Waals surface area contributed by atoms with Crippen LogP contribution in [-0.2, 0) is 12.7 Å². The average Bonchev–Trinajstić information content (AvgIpc) is 2.37. The molecule has 19 heavy (non-hydrogen) atoms. The molecule has 0 aromatic heterocycles. The van der Waals surface area contributed by atoms with Gasteiger partial charge in [-0.3, -0.25) is 0 Å². The molecular formula is C14H17ClF3N. The summed E-state index contributed by atoms with van der Waals surface area (Å²) in [6, 6.07) is 5.84. The van der Waals surface area contributed by atoms with Crippen molar-refractivity contribution in [2.24, 2.45) is 0 Å². The van der Waals surface area contributed by atoms with Gasteiger partial charge in [-0.05, 0) is 37.3 Å². The second kappa shape index (κ2) is 6.14. The van der Waals surface area contributed by atoms with Crippen LogP contribution in [0.3, 0.4) is 0 Å². The van der Waals surface area contributed by atoms with Crippen molar-refractivity contribution < 1.29 is 13.2 Å². The lowest BCUT2D eigenvalue weighted by molar-refractivity contribution is -0.137. The number of hydrogen-bond acceptors (Lipinski definition) is 1. The van der Waals surface area contributed by atoms with Gasteiger partial charge in [0.25, 0.3) is 0 Å². The summed E-state index contributed by atoms with van der Waals surface area (Å²) in [6.45, 7) is 0.474. The van der Waals surface area contributed by atoms with Crippen LogP contribution < -0.4 is 5.32 Å². The Hall–Kier alpha value is -0.740. The van der Waals surface area contributed by atoms with Gasteiger partial charge in [-0.25, -0.2) is 0 Å². The van der Waals surface area contributed by atoms with Gasteiger partial charge in [0.05, 0.1) is 5.56 Å². The fourth-order valence-electron chi connectivity index (χ4n) is 2.38. The number of rotatable bonds is 3. The van der Waals surface area contributed by atoms with Gasteiger partial charge < -0.3 is 5.32 Å². The number of nitrogens with one attached hydrogen (secondary N) is 1. The molecule has 1 aliphatic rings. The summed E-state index contributed by atoms with van der Waals surface area (Å²) < 4.78 is 37.7. The highest BCUT2D eigenvalue weighted by Crippen LogP contribution is 2.29. The summed E-state index contributed by atoms with van der Waals surface area (Å²) in [4.78, 5) is 0. The Morgan fingerprint density at radius 3 is 2.47 bits per heavy atom. The number of benzene rings is 1. The number of halogens is 4. The van der Waals surface area contributed by atoms with E-state index >= 15 is 0 Å². The van der Waals surface area contributed by atoms with Crippen molar-refractivity contribution >= 4 is 11.6 Å². The molecule has 0 unspecified atom stereocenters. The van der Waals surface area contributed by atoms with Crippen LogP contribution in [0.15, 0.2) is 24.3 Å². The Balaban J connectivity index is 1.89. The standard InChI is InChI=1S/C14H17ClF3N/c15-12-4-6-13(7-5-12)19-9-10-2-1-3-11(8-10)14(16,17)18/h1-3,8,12-13,19H,4-7,9H2. The Kier molecular flexibility index (Phi) is 4.74. The van der Waals surface area contributed by atoms with Crippen molar-refractivity contribution in [1.82, 2.24) is 5.32 Å². The minimum atomic E-state index is -4.27. The summed E-state index contributed by atoms with van der Waals surface area (Å²) in [6.07, 6.45) is -0.337. The van der Waals surface area contributed by atoms with Crippen molar-refractivity contribution in [3.8, 4) is 0 Å². The average molecular weight is 292 g/mol. The van der Waals surface area contributed by atoms with Crippen molar-refractivity contribution in [1.29, 1.82) is 0 Å². The molecule has 0 amide bonds. The molecule has 0 heterocycles. The van der Waals surface area contributed by atoms with E-state index in [1.54, 1.807) is 6.07 Å². The van der Waals surface area contributed by atoms with Crippen molar-refractivity contribution in [2.75, 3.05) is 0 Å². The third-order valence-corrected chi connectivity index (χ3v) is 3.94. The van der Waals surface area contributed by atoms with Gasteiger partial charge in [-0.2, -0.15) is 13.2 Å². The van der Waals surface area contributed by atoms with E-state index in [1.165, 1.54) is 12.1 Å². The van der Waals surface area contributed by atoms with Gasteiger partial charge in [0.1, 0.15) is 0 Å². The zero-order valence-electron chi connectivity index (χ0n) is 10.5. The van der Waals surface area contributed by atoms with E-state index < -0.39 is 11.7 Å². The third-order valence-electron chi connectivity index (χ3n) is 3.51. The maximum Gasteiger partial charge on any atom is 0.416 e. The van der Waals surface area contributed by atoms with E-state index in [1.807, 2.05) is 0 Å². The van der Waals surface area contributed by atoms with Gasteiger partial charge >= 0.3 is 6.18 Å². The molecule has 1 N–H and O–H groups in total. The van der Waals surface area contributed by atoms with Crippen LogP contribution in [0.1, 0.15) is 36.8 Å². The minimum Gasteiger partial charge on any atom is -0.310 e. The molecule has 1 aromatic rings. The van der Waals surface area contributed by atoms with E-state index in [4.69, 9.17) is 11.6 Å². The molecule has 106 valence electrons. The first kappa shape index (κ1) is 14.7. The van der Waals surface area contributed by atoms with Gasteiger partial charge in [-0.1, -0.05) is 18.2 Å². The smallest absolute Gasteiger partial charge is 0.310 e. The van der Waals surface area contributed by atoms with Gasteiger partial charge in [0.15, 0.2) is 0 Å². The Bertz CT molecular complexity index is 411. The minimum absolute atomic E-state index is 0.256. The molecule has 0 spiro atoms. The van der Waals surface area contributed by atoms with Gasteiger partial charge in [-0.15, -0.1) is 11.6 Å². The molecule has 2 rings (SSSR count). The molecule has 1 aromatic carbocycles. The molecule has 1 nitrogen and oxygen atoms in total. The van der Waals surface area contributed by atoms with Crippen LogP contribution in [0.4, 0.5) is 13.2 Å². The fourth-order valence-corrected chi connectivity index (χ4v) is 2.63. The molecule has 0 atom stereocenters. The quantitative estimate of drug-likeness (QED) is 0.817. The van der Waals surface area contributed by atoms with E-state index in [-0.39, 0.29) is 5.38 Å². The second-order valence-corrected chi connectivity index (χ2v) is 5.65.